The minimum atomic E-state index is -0.423. The Hall–Kier alpha value is -5.02. The molecule has 0 radical (unpaired) electrons. The number of ether oxygens (including phenoxy) is 4. The van der Waals surface area contributed by atoms with Crippen molar-refractivity contribution in [1.29, 1.82) is 0 Å². The van der Waals surface area contributed by atoms with Crippen LogP contribution in [-0.2, 0) is 11.4 Å². The number of anilines is 1. The zero-order chi connectivity index (χ0) is 29.0. The van der Waals surface area contributed by atoms with Crippen LogP contribution in [0.2, 0.25) is 5.02 Å². The molecule has 2 N–H and O–H groups in total. The van der Waals surface area contributed by atoms with E-state index in [1.807, 2.05) is 30.3 Å². The lowest BCUT2D eigenvalue weighted by atomic mass is 10.2. The van der Waals surface area contributed by atoms with E-state index in [0.29, 0.717) is 51.4 Å². The van der Waals surface area contributed by atoms with E-state index in [-0.39, 0.29) is 12.5 Å². The zero-order valence-corrected chi connectivity index (χ0v) is 23.2. The van der Waals surface area contributed by atoms with Crippen LogP contribution in [0.25, 0.3) is 0 Å². The maximum atomic E-state index is 12.7. The number of rotatable bonds is 12. The normalized spacial score (nSPS) is 10.6. The summed E-state index contributed by atoms with van der Waals surface area (Å²) in [5, 5.41) is 7.34. The second-order valence-electron chi connectivity index (χ2n) is 8.59. The van der Waals surface area contributed by atoms with E-state index < -0.39 is 5.91 Å². The molecular formula is C31H28ClN3O6. The van der Waals surface area contributed by atoms with Crippen molar-refractivity contribution in [2.75, 3.05) is 26.1 Å². The van der Waals surface area contributed by atoms with Crippen LogP contribution in [0, 0.1) is 0 Å². The van der Waals surface area contributed by atoms with Crippen LogP contribution >= 0.6 is 11.6 Å². The van der Waals surface area contributed by atoms with E-state index >= 15 is 0 Å². The van der Waals surface area contributed by atoms with Gasteiger partial charge in [-0.1, -0.05) is 41.9 Å². The fraction of sp³-hybridized carbons (Fsp3) is 0.129. The summed E-state index contributed by atoms with van der Waals surface area (Å²) in [5.74, 6) is 0.966. The average molecular weight is 574 g/mol. The molecule has 0 saturated heterocycles. The summed E-state index contributed by atoms with van der Waals surface area (Å²) in [6.07, 6.45) is 1.46. The summed E-state index contributed by atoms with van der Waals surface area (Å²) in [4.78, 5) is 24.9. The highest BCUT2D eigenvalue weighted by molar-refractivity contribution is 6.30. The maximum absolute atomic E-state index is 12.7. The molecule has 0 aliphatic rings. The monoisotopic (exact) mass is 573 g/mol. The van der Waals surface area contributed by atoms with Gasteiger partial charge in [0, 0.05) is 16.3 Å². The van der Waals surface area contributed by atoms with Crippen LogP contribution in [0.15, 0.2) is 96.1 Å². The maximum Gasteiger partial charge on any atom is 0.271 e. The predicted molar refractivity (Wildman–Crippen MR) is 157 cm³/mol. The first-order valence-electron chi connectivity index (χ1n) is 12.5. The Balaban J connectivity index is 1.31. The molecule has 10 heteroatoms. The van der Waals surface area contributed by atoms with Crippen molar-refractivity contribution in [2.24, 2.45) is 5.10 Å². The zero-order valence-electron chi connectivity index (χ0n) is 22.4. The van der Waals surface area contributed by atoms with Crippen molar-refractivity contribution in [3.8, 4) is 23.0 Å². The summed E-state index contributed by atoms with van der Waals surface area (Å²) in [5.41, 5.74) is 5.11. The number of hydrazone groups is 1. The SMILES string of the molecule is COc1cc(/C=N/NC(=O)c2ccc(OCc3ccccc3)c(OC)c2)ccc1OCC(=O)Nc1ccc(Cl)cc1. The van der Waals surface area contributed by atoms with Gasteiger partial charge < -0.3 is 24.3 Å². The number of hydrogen-bond acceptors (Lipinski definition) is 7. The van der Waals surface area contributed by atoms with Crippen LogP contribution in [0.5, 0.6) is 23.0 Å². The molecule has 2 amide bonds. The molecule has 0 bridgehead atoms. The lowest BCUT2D eigenvalue weighted by Gasteiger charge is -2.12. The van der Waals surface area contributed by atoms with Gasteiger partial charge in [0.2, 0.25) is 0 Å². The van der Waals surface area contributed by atoms with Crippen LogP contribution in [0.1, 0.15) is 21.5 Å². The van der Waals surface area contributed by atoms with Crippen molar-refractivity contribution < 1.29 is 28.5 Å². The number of amides is 2. The highest BCUT2D eigenvalue weighted by Crippen LogP contribution is 2.29. The Morgan fingerprint density at radius 1 is 0.805 bits per heavy atom. The van der Waals surface area contributed by atoms with Crippen molar-refractivity contribution in [1.82, 2.24) is 5.43 Å². The average Bonchev–Trinajstić information content (AvgIpc) is 3.00. The third-order valence-corrected chi connectivity index (χ3v) is 5.97. The van der Waals surface area contributed by atoms with Gasteiger partial charge in [0.1, 0.15) is 6.61 Å². The first-order chi connectivity index (χ1) is 19.9. The van der Waals surface area contributed by atoms with E-state index in [1.54, 1.807) is 60.7 Å². The molecule has 0 heterocycles. The Bertz CT molecular complexity index is 1510. The Morgan fingerprint density at radius 3 is 2.22 bits per heavy atom. The van der Waals surface area contributed by atoms with E-state index in [9.17, 15) is 9.59 Å². The van der Waals surface area contributed by atoms with Crippen molar-refractivity contribution >= 4 is 35.3 Å². The highest BCUT2D eigenvalue weighted by Gasteiger charge is 2.12. The van der Waals surface area contributed by atoms with Crippen molar-refractivity contribution in [3.63, 3.8) is 0 Å². The number of benzene rings is 4. The molecule has 0 fully saturated rings. The fourth-order valence-corrected chi connectivity index (χ4v) is 3.78. The van der Waals surface area contributed by atoms with Gasteiger partial charge >= 0.3 is 0 Å². The van der Waals surface area contributed by atoms with E-state index in [1.165, 1.54) is 20.4 Å². The van der Waals surface area contributed by atoms with E-state index in [0.717, 1.165) is 5.56 Å². The summed E-state index contributed by atoms with van der Waals surface area (Å²) < 4.78 is 22.3. The lowest BCUT2D eigenvalue weighted by Crippen LogP contribution is -2.20. The second-order valence-corrected chi connectivity index (χ2v) is 9.03. The topological polar surface area (TPSA) is 107 Å². The molecular weight excluding hydrogens is 546 g/mol. The minimum Gasteiger partial charge on any atom is -0.493 e. The van der Waals surface area contributed by atoms with Crippen molar-refractivity contribution in [2.45, 2.75) is 6.61 Å². The number of methoxy groups -OCH3 is 2. The number of nitrogens with one attached hydrogen (secondary N) is 2. The predicted octanol–water partition coefficient (Wildman–Crippen LogP) is 5.72. The van der Waals surface area contributed by atoms with Gasteiger partial charge in [0.25, 0.3) is 11.8 Å². The molecule has 0 aromatic heterocycles. The van der Waals surface area contributed by atoms with Crippen LogP contribution in [0.3, 0.4) is 0 Å². The molecule has 210 valence electrons. The van der Waals surface area contributed by atoms with Gasteiger partial charge in [0.15, 0.2) is 29.6 Å². The highest BCUT2D eigenvalue weighted by atomic mass is 35.5. The molecule has 9 nitrogen and oxygen atoms in total. The summed E-state index contributed by atoms with van der Waals surface area (Å²) in [7, 11) is 3.00. The quantitative estimate of drug-likeness (QED) is 0.166. The number of carbonyl (C=O) groups excluding carboxylic acids is 2. The summed E-state index contributed by atoms with van der Waals surface area (Å²) in [6, 6.07) is 26.4. The Morgan fingerprint density at radius 2 is 1.49 bits per heavy atom. The largest absolute Gasteiger partial charge is 0.493 e. The van der Waals surface area contributed by atoms with E-state index in [4.69, 9.17) is 30.5 Å². The van der Waals surface area contributed by atoms with Gasteiger partial charge in [-0.15, -0.1) is 0 Å². The Labute approximate surface area is 242 Å². The standard InChI is InChI=1S/C31H28ClN3O6/c1-38-28-16-22(8-14-26(28)41-20-30(36)34-25-12-10-24(32)11-13-25)18-33-35-31(37)23-9-15-27(29(17-23)39-2)40-19-21-6-4-3-5-7-21/h3-18H,19-20H2,1-2H3,(H,34,36)(H,35,37)/b33-18+. The third kappa shape index (κ3) is 8.48. The molecule has 0 saturated carbocycles. The summed E-state index contributed by atoms with van der Waals surface area (Å²) in [6.45, 7) is 0.152. The van der Waals surface area contributed by atoms with Gasteiger partial charge in [0.05, 0.1) is 20.4 Å². The first kappa shape index (κ1) is 29.0. The van der Waals surface area contributed by atoms with E-state index in [2.05, 4.69) is 15.8 Å². The van der Waals surface area contributed by atoms with Gasteiger partial charge in [-0.3, -0.25) is 9.59 Å². The lowest BCUT2D eigenvalue weighted by molar-refractivity contribution is -0.118. The number of nitrogens with zero attached hydrogens (tertiary/aromatic N) is 1. The van der Waals surface area contributed by atoms with Gasteiger partial charge in [-0.25, -0.2) is 5.43 Å². The van der Waals surface area contributed by atoms with Crippen LogP contribution in [0.4, 0.5) is 5.69 Å². The second kappa shape index (κ2) is 14.4. The fourth-order valence-electron chi connectivity index (χ4n) is 3.65. The smallest absolute Gasteiger partial charge is 0.271 e. The van der Waals surface area contributed by atoms with Crippen LogP contribution < -0.4 is 29.7 Å². The molecule has 4 rings (SSSR count). The molecule has 0 aliphatic carbocycles. The Kier molecular flexibility index (Phi) is 10.2. The van der Waals surface area contributed by atoms with Gasteiger partial charge in [-0.2, -0.15) is 5.10 Å². The number of halogens is 1. The number of hydrogen-bond donors (Lipinski definition) is 2. The molecule has 4 aromatic carbocycles. The molecule has 0 aliphatic heterocycles. The molecule has 0 atom stereocenters. The van der Waals surface area contributed by atoms with Gasteiger partial charge in [-0.05, 0) is 71.8 Å². The van der Waals surface area contributed by atoms with Crippen LogP contribution in [-0.4, -0.2) is 38.9 Å². The van der Waals surface area contributed by atoms with Crippen molar-refractivity contribution in [3.05, 3.63) is 113 Å². The molecule has 0 unspecified atom stereocenters. The molecule has 0 spiro atoms. The number of carbonyl (C=O) groups is 2. The third-order valence-electron chi connectivity index (χ3n) is 5.72. The minimum absolute atomic E-state index is 0.220. The molecule has 4 aromatic rings. The summed E-state index contributed by atoms with van der Waals surface area (Å²) >= 11 is 5.86. The first-order valence-corrected chi connectivity index (χ1v) is 12.9. The molecule has 41 heavy (non-hydrogen) atoms.